The van der Waals surface area contributed by atoms with Crippen LogP contribution in [0.15, 0.2) is 34.2 Å². The van der Waals surface area contributed by atoms with Crippen molar-refractivity contribution in [2.75, 3.05) is 18.6 Å². The average molecular weight is 267 g/mol. The molecule has 5 heteroatoms. The third-order valence-electron chi connectivity index (χ3n) is 2.35. The molecule has 0 amide bonds. The summed E-state index contributed by atoms with van der Waals surface area (Å²) in [5, 5.41) is 0. The number of methoxy groups -OCH3 is 1. The molecule has 1 saturated heterocycles. The molecule has 0 atom stereocenters. The Balaban J connectivity index is 2.27. The van der Waals surface area contributed by atoms with Crippen LogP contribution in [0.5, 0.6) is 5.75 Å². The minimum absolute atomic E-state index is 0.124. The Kier molecular flexibility index (Phi) is 4.02. The predicted octanol–water partition coefficient (Wildman–Crippen LogP) is 2.49. The highest BCUT2D eigenvalue weighted by Gasteiger charge is 2.18. The van der Waals surface area contributed by atoms with Crippen molar-refractivity contribution in [3.63, 3.8) is 0 Å². The molecule has 17 heavy (non-hydrogen) atoms. The van der Waals surface area contributed by atoms with Gasteiger partial charge in [-0.1, -0.05) is 12.1 Å². The number of nitrogens with two attached hydrogens (primary N) is 1. The van der Waals surface area contributed by atoms with Gasteiger partial charge in [-0.3, -0.25) is 4.79 Å². The highest BCUT2D eigenvalue weighted by Crippen LogP contribution is 2.38. The van der Waals surface area contributed by atoms with Crippen LogP contribution in [0.25, 0.3) is 0 Å². The van der Waals surface area contributed by atoms with E-state index in [0.717, 1.165) is 15.7 Å². The first kappa shape index (κ1) is 12.4. The first-order valence-corrected chi connectivity index (χ1v) is 7.13. The molecule has 0 saturated carbocycles. The van der Waals surface area contributed by atoms with Crippen LogP contribution in [-0.2, 0) is 0 Å². The summed E-state index contributed by atoms with van der Waals surface area (Å²) in [7, 11) is 1.58. The molecule has 0 aliphatic carbocycles. The Morgan fingerprint density at radius 3 is 2.71 bits per heavy atom. The van der Waals surface area contributed by atoms with Crippen LogP contribution in [-0.4, -0.2) is 24.4 Å². The molecule has 90 valence electrons. The number of ether oxygens (including phenoxy) is 1. The molecule has 2 N–H and O–H groups in total. The summed E-state index contributed by atoms with van der Waals surface area (Å²) in [4.78, 5) is 12.1. The number of thioether (sulfide) groups is 2. The van der Waals surface area contributed by atoms with Crippen LogP contribution in [0.4, 0.5) is 0 Å². The van der Waals surface area contributed by atoms with E-state index >= 15 is 0 Å². The van der Waals surface area contributed by atoms with Gasteiger partial charge in [0.05, 0.1) is 11.3 Å². The number of carbonyl (C=O) groups is 1. The normalized spacial score (nSPS) is 14.8. The summed E-state index contributed by atoms with van der Waals surface area (Å²) in [5.74, 6) is 2.58. The fraction of sp³-hybridized carbons (Fsp3) is 0.250. The second-order valence-corrected chi connectivity index (χ2v) is 5.93. The Labute approximate surface area is 109 Å². The van der Waals surface area contributed by atoms with Crippen LogP contribution < -0.4 is 10.5 Å². The first-order valence-electron chi connectivity index (χ1n) is 5.16. The van der Waals surface area contributed by atoms with Gasteiger partial charge in [0.1, 0.15) is 11.4 Å². The highest BCUT2D eigenvalue weighted by molar-refractivity contribution is 8.25. The number of Topliss-reactive ketones (excluding diaryl/α,β-unsaturated/α-hetero) is 1. The van der Waals surface area contributed by atoms with Crippen LogP contribution in [0.2, 0.25) is 0 Å². The van der Waals surface area contributed by atoms with Gasteiger partial charge in [-0.05, 0) is 12.1 Å². The van der Waals surface area contributed by atoms with Crippen LogP contribution in [0, 0.1) is 0 Å². The number of carbonyl (C=O) groups excluding carboxylic acids is 1. The molecule has 1 aromatic carbocycles. The fourth-order valence-corrected chi connectivity index (χ4v) is 3.85. The maximum absolute atomic E-state index is 12.1. The molecule has 0 spiro atoms. The van der Waals surface area contributed by atoms with Crippen molar-refractivity contribution >= 4 is 29.3 Å². The molecule has 0 unspecified atom stereocenters. The number of rotatable bonds is 3. The number of ketones is 1. The van der Waals surface area contributed by atoms with E-state index in [1.807, 2.05) is 0 Å². The van der Waals surface area contributed by atoms with Gasteiger partial charge >= 0.3 is 0 Å². The van der Waals surface area contributed by atoms with Crippen LogP contribution in [0.1, 0.15) is 10.4 Å². The zero-order valence-corrected chi connectivity index (χ0v) is 11.1. The number of benzene rings is 1. The summed E-state index contributed by atoms with van der Waals surface area (Å²) in [6, 6.07) is 7.06. The fourth-order valence-electron chi connectivity index (χ4n) is 1.48. The summed E-state index contributed by atoms with van der Waals surface area (Å²) in [6.45, 7) is 0. The lowest BCUT2D eigenvalue weighted by molar-refractivity contribution is 0.103. The molecule has 1 aliphatic rings. The van der Waals surface area contributed by atoms with Gasteiger partial charge in [0.2, 0.25) is 5.78 Å². The number of hydrogen-bond acceptors (Lipinski definition) is 5. The van der Waals surface area contributed by atoms with Gasteiger partial charge in [-0.25, -0.2) is 0 Å². The molecule has 2 rings (SSSR count). The van der Waals surface area contributed by atoms with Crippen molar-refractivity contribution in [2.45, 2.75) is 0 Å². The van der Waals surface area contributed by atoms with Crippen LogP contribution >= 0.6 is 23.5 Å². The highest BCUT2D eigenvalue weighted by atomic mass is 32.2. The smallest absolute Gasteiger partial charge is 0.210 e. The summed E-state index contributed by atoms with van der Waals surface area (Å²) in [6.07, 6.45) is 0. The van der Waals surface area contributed by atoms with Crippen molar-refractivity contribution in [1.82, 2.24) is 0 Å². The van der Waals surface area contributed by atoms with Crippen molar-refractivity contribution < 1.29 is 9.53 Å². The largest absolute Gasteiger partial charge is 0.497 e. The van der Waals surface area contributed by atoms with Gasteiger partial charge in [0.25, 0.3) is 0 Å². The van der Waals surface area contributed by atoms with Gasteiger partial charge in [-0.15, -0.1) is 23.5 Å². The quantitative estimate of drug-likeness (QED) is 0.673. The lowest BCUT2D eigenvalue weighted by Crippen LogP contribution is -2.12. The van der Waals surface area contributed by atoms with E-state index in [4.69, 9.17) is 10.5 Å². The van der Waals surface area contributed by atoms with Crippen LogP contribution in [0.3, 0.4) is 0 Å². The van der Waals surface area contributed by atoms with E-state index in [1.165, 1.54) is 0 Å². The van der Waals surface area contributed by atoms with E-state index in [1.54, 1.807) is 54.9 Å². The Bertz CT molecular complexity index is 463. The summed E-state index contributed by atoms with van der Waals surface area (Å²) in [5.41, 5.74) is 6.82. The first-order chi connectivity index (χ1) is 8.22. The molecule has 0 aromatic heterocycles. The summed E-state index contributed by atoms with van der Waals surface area (Å²) < 4.78 is 6.03. The lowest BCUT2D eigenvalue weighted by atomic mass is 10.1. The third kappa shape index (κ3) is 2.79. The zero-order chi connectivity index (χ0) is 12.3. The Hall–Kier alpha value is -1.07. The van der Waals surface area contributed by atoms with Gasteiger partial charge < -0.3 is 10.5 Å². The SMILES string of the molecule is COc1cccc(C(=O)C(N)=C2SCCS2)c1. The topological polar surface area (TPSA) is 52.3 Å². The maximum atomic E-state index is 12.1. The van der Waals surface area contributed by atoms with E-state index in [-0.39, 0.29) is 5.78 Å². The van der Waals surface area contributed by atoms with E-state index in [0.29, 0.717) is 17.0 Å². The second-order valence-electron chi connectivity index (χ2n) is 3.46. The van der Waals surface area contributed by atoms with Crippen molar-refractivity contribution in [3.05, 3.63) is 39.8 Å². The lowest BCUT2D eigenvalue weighted by Gasteiger charge is -2.05. The maximum Gasteiger partial charge on any atom is 0.210 e. The van der Waals surface area contributed by atoms with E-state index in [9.17, 15) is 4.79 Å². The van der Waals surface area contributed by atoms with Crippen molar-refractivity contribution in [2.24, 2.45) is 5.73 Å². The molecular formula is C12H13NO2S2. The summed E-state index contributed by atoms with van der Waals surface area (Å²) >= 11 is 3.30. The molecular weight excluding hydrogens is 254 g/mol. The zero-order valence-electron chi connectivity index (χ0n) is 9.43. The van der Waals surface area contributed by atoms with Gasteiger partial charge in [0.15, 0.2) is 0 Å². The minimum atomic E-state index is -0.124. The Morgan fingerprint density at radius 1 is 1.35 bits per heavy atom. The molecule has 0 bridgehead atoms. The molecule has 0 radical (unpaired) electrons. The molecule has 1 aliphatic heterocycles. The molecule has 1 aromatic rings. The second kappa shape index (κ2) is 5.51. The Morgan fingerprint density at radius 2 is 2.06 bits per heavy atom. The van der Waals surface area contributed by atoms with Gasteiger partial charge in [0, 0.05) is 17.1 Å². The minimum Gasteiger partial charge on any atom is -0.497 e. The molecule has 1 fully saturated rings. The van der Waals surface area contributed by atoms with Crippen molar-refractivity contribution in [3.8, 4) is 5.75 Å². The van der Waals surface area contributed by atoms with E-state index in [2.05, 4.69) is 0 Å². The van der Waals surface area contributed by atoms with Crippen molar-refractivity contribution in [1.29, 1.82) is 0 Å². The predicted molar refractivity (Wildman–Crippen MR) is 73.5 cm³/mol. The standard InChI is InChI=1S/C12H13NO2S2/c1-15-9-4-2-3-8(7-9)11(14)10(13)12-16-5-6-17-12/h2-4,7H,5-6,13H2,1H3. The number of allylic oxidation sites excluding steroid dienone is 1. The molecule has 1 heterocycles. The molecule has 3 nitrogen and oxygen atoms in total. The number of hydrogen-bond donors (Lipinski definition) is 1. The van der Waals surface area contributed by atoms with E-state index < -0.39 is 0 Å². The van der Waals surface area contributed by atoms with Gasteiger partial charge in [-0.2, -0.15) is 0 Å². The third-order valence-corrected chi connectivity index (χ3v) is 5.09. The average Bonchev–Trinajstić information content (AvgIpc) is 2.91. The monoisotopic (exact) mass is 267 g/mol.